The molecule has 0 aliphatic carbocycles. The Bertz CT molecular complexity index is 343. The summed E-state index contributed by atoms with van der Waals surface area (Å²) in [5, 5.41) is 7.29. The van der Waals surface area contributed by atoms with Crippen molar-refractivity contribution in [3.63, 3.8) is 0 Å². The van der Waals surface area contributed by atoms with Crippen molar-refractivity contribution in [3.05, 3.63) is 29.8 Å². The molecule has 0 bridgehead atoms. The summed E-state index contributed by atoms with van der Waals surface area (Å²) in [6.45, 7) is 2.97. The molecule has 0 saturated carbocycles. The highest BCUT2D eigenvalue weighted by atomic mass is 35.5. The Morgan fingerprint density at radius 1 is 1.28 bits per heavy atom. The molecular formula is C13H21ClN2OS. The standard InChI is InChI=1S/C13H20N2OS.ClH/c1-2-3-4-9-16-12-7-5-11(6-8-12)10-17-13(14)15;/h5-8H,2-4,9-10H2,1H3,(H3,14,15);1H. The maximum Gasteiger partial charge on any atom is 0.151 e. The lowest BCUT2D eigenvalue weighted by atomic mass is 10.2. The summed E-state index contributed by atoms with van der Waals surface area (Å²) in [7, 11) is 0. The lowest BCUT2D eigenvalue weighted by Crippen LogP contribution is -2.03. The van der Waals surface area contributed by atoms with E-state index in [0.29, 0.717) is 0 Å². The molecule has 18 heavy (non-hydrogen) atoms. The summed E-state index contributed by atoms with van der Waals surface area (Å²) in [5.41, 5.74) is 6.44. The van der Waals surface area contributed by atoms with Crippen molar-refractivity contribution in [1.82, 2.24) is 0 Å². The molecule has 0 aliphatic rings. The maximum absolute atomic E-state index is 7.13. The van der Waals surface area contributed by atoms with Crippen LogP contribution in [-0.2, 0) is 5.75 Å². The number of nitrogens with one attached hydrogen (secondary N) is 1. The quantitative estimate of drug-likeness (QED) is 0.456. The second kappa shape index (κ2) is 10.1. The first kappa shape index (κ1) is 17.1. The molecule has 0 fully saturated rings. The van der Waals surface area contributed by atoms with Gasteiger partial charge in [0.25, 0.3) is 0 Å². The van der Waals surface area contributed by atoms with Crippen LogP contribution in [0.1, 0.15) is 31.7 Å². The number of amidine groups is 1. The SMILES string of the molecule is CCCCCOc1ccc(CSC(=N)N)cc1.Cl. The van der Waals surface area contributed by atoms with Gasteiger partial charge in [0.2, 0.25) is 0 Å². The zero-order valence-electron chi connectivity index (χ0n) is 10.6. The number of hydrogen-bond donors (Lipinski definition) is 2. The molecular weight excluding hydrogens is 268 g/mol. The van der Waals surface area contributed by atoms with Crippen LogP contribution in [0.2, 0.25) is 0 Å². The first-order valence-corrected chi connectivity index (χ1v) is 6.89. The van der Waals surface area contributed by atoms with E-state index in [0.717, 1.165) is 30.1 Å². The molecule has 1 aromatic carbocycles. The van der Waals surface area contributed by atoms with Crippen molar-refractivity contribution < 1.29 is 4.74 Å². The van der Waals surface area contributed by atoms with Gasteiger partial charge in [-0.15, -0.1) is 12.4 Å². The predicted octanol–water partition coefficient (Wildman–Crippen LogP) is 3.80. The van der Waals surface area contributed by atoms with Crippen molar-refractivity contribution >= 4 is 29.3 Å². The second-order valence-corrected chi connectivity index (χ2v) is 4.87. The fourth-order valence-electron chi connectivity index (χ4n) is 1.39. The molecule has 102 valence electrons. The van der Waals surface area contributed by atoms with Crippen LogP contribution in [0.5, 0.6) is 5.75 Å². The molecule has 0 amide bonds. The van der Waals surface area contributed by atoms with Gasteiger partial charge in [0, 0.05) is 5.75 Å². The van der Waals surface area contributed by atoms with Gasteiger partial charge in [-0.3, -0.25) is 5.41 Å². The zero-order chi connectivity index (χ0) is 12.5. The number of halogens is 1. The molecule has 0 unspecified atom stereocenters. The topological polar surface area (TPSA) is 59.1 Å². The lowest BCUT2D eigenvalue weighted by Gasteiger charge is -2.06. The fraction of sp³-hybridized carbons (Fsp3) is 0.462. The van der Waals surface area contributed by atoms with Crippen molar-refractivity contribution in [3.8, 4) is 5.75 Å². The van der Waals surface area contributed by atoms with Crippen LogP contribution in [0, 0.1) is 5.41 Å². The van der Waals surface area contributed by atoms with Crippen molar-refractivity contribution in [2.75, 3.05) is 6.61 Å². The van der Waals surface area contributed by atoms with E-state index in [1.54, 1.807) is 0 Å². The molecule has 1 aromatic rings. The van der Waals surface area contributed by atoms with Gasteiger partial charge in [-0.1, -0.05) is 43.7 Å². The minimum absolute atomic E-state index is 0. The molecule has 3 nitrogen and oxygen atoms in total. The molecule has 0 saturated heterocycles. The van der Waals surface area contributed by atoms with Crippen LogP contribution in [-0.4, -0.2) is 11.8 Å². The van der Waals surface area contributed by atoms with E-state index in [4.69, 9.17) is 15.9 Å². The molecule has 0 aromatic heterocycles. The smallest absolute Gasteiger partial charge is 0.151 e. The Morgan fingerprint density at radius 2 is 1.94 bits per heavy atom. The predicted molar refractivity (Wildman–Crippen MR) is 81.9 cm³/mol. The van der Waals surface area contributed by atoms with Gasteiger partial charge < -0.3 is 10.5 Å². The highest BCUT2D eigenvalue weighted by molar-refractivity contribution is 8.13. The Morgan fingerprint density at radius 3 is 2.50 bits per heavy atom. The van der Waals surface area contributed by atoms with E-state index in [1.807, 2.05) is 24.3 Å². The van der Waals surface area contributed by atoms with Crippen molar-refractivity contribution in [2.45, 2.75) is 31.9 Å². The van der Waals surface area contributed by atoms with Gasteiger partial charge >= 0.3 is 0 Å². The van der Waals surface area contributed by atoms with Gasteiger partial charge in [0.15, 0.2) is 5.17 Å². The number of benzene rings is 1. The Labute approximate surface area is 119 Å². The van der Waals surface area contributed by atoms with E-state index < -0.39 is 0 Å². The number of thioether (sulfide) groups is 1. The Balaban J connectivity index is 0.00000289. The zero-order valence-corrected chi connectivity index (χ0v) is 12.3. The van der Waals surface area contributed by atoms with Gasteiger partial charge in [-0.05, 0) is 24.1 Å². The molecule has 5 heteroatoms. The first-order chi connectivity index (χ1) is 8.22. The van der Waals surface area contributed by atoms with Crippen LogP contribution in [0.15, 0.2) is 24.3 Å². The third kappa shape index (κ3) is 7.45. The maximum atomic E-state index is 7.13. The van der Waals surface area contributed by atoms with Crippen LogP contribution < -0.4 is 10.5 Å². The molecule has 1 rings (SSSR count). The third-order valence-corrected chi connectivity index (χ3v) is 3.12. The highest BCUT2D eigenvalue weighted by Gasteiger charge is 1.97. The second-order valence-electron chi connectivity index (χ2n) is 3.85. The summed E-state index contributed by atoms with van der Waals surface area (Å²) in [6, 6.07) is 7.99. The van der Waals surface area contributed by atoms with Gasteiger partial charge in [-0.2, -0.15) is 0 Å². The largest absolute Gasteiger partial charge is 0.494 e. The van der Waals surface area contributed by atoms with E-state index >= 15 is 0 Å². The molecule has 3 N–H and O–H groups in total. The van der Waals surface area contributed by atoms with Gasteiger partial charge in [0.05, 0.1) is 6.61 Å². The monoisotopic (exact) mass is 288 g/mol. The normalized spacial score (nSPS) is 9.61. The van der Waals surface area contributed by atoms with E-state index in [-0.39, 0.29) is 17.6 Å². The fourth-order valence-corrected chi connectivity index (χ4v) is 1.90. The van der Waals surface area contributed by atoms with Crippen LogP contribution in [0.4, 0.5) is 0 Å². The number of rotatable bonds is 7. The molecule has 0 atom stereocenters. The molecule has 0 heterocycles. The average Bonchev–Trinajstić information content (AvgIpc) is 2.33. The minimum atomic E-state index is 0. The summed E-state index contributed by atoms with van der Waals surface area (Å²) in [6.07, 6.45) is 3.54. The lowest BCUT2D eigenvalue weighted by molar-refractivity contribution is 0.306. The summed E-state index contributed by atoms with van der Waals surface area (Å²) in [5.74, 6) is 1.66. The van der Waals surface area contributed by atoms with Crippen molar-refractivity contribution in [1.29, 1.82) is 5.41 Å². The highest BCUT2D eigenvalue weighted by Crippen LogP contribution is 2.16. The van der Waals surface area contributed by atoms with Crippen LogP contribution in [0.25, 0.3) is 0 Å². The van der Waals surface area contributed by atoms with E-state index in [2.05, 4.69) is 6.92 Å². The molecule has 0 aliphatic heterocycles. The molecule has 0 radical (unpaired) electrons. The van der Waals surface area contributed by atoms with Gasteiger partial charge in [0.1, 0.15) is 5.75 Å². The van der Waals surface area contributed by atoms with Crippen LogP contribution >= 0.6 is 24.2 Å². The minimum Gasteiger partial charge on any atom is -0.494 e. The number of unbranched alkanes of at least 4 members (excludes halogenated alkanes) is 2. The van der Waals surface area contributed by atoms with Crippen molar-refractivity contribution in [2.24, 2.45) is 5.73 Å². The summed E-state index contributed by atoms with van der Waals surface area (Å²) >= 11 is 1.33. The number of ether oxygens (including phenoxy) is 1. The first-order valence-electron chi connectivity index (χ1n) is 5.91. The summed E-state index contributed by atoms with van der Waals surface area (Å²) in [4.78, 5) is 0. The Hall–Kier alpha value is -0.870. The summed E-state index contributed by atoms with van der Waals surface area (Å²) < 4.78 is 5.61. The average molecular weight is 289 g/mol. The Kier molecular flexibility index (Phi) is 9.60. The third-order valence-electron chi connectivity index (χ3n) is 2.33. The number of nitrogens with two attached hydrogens (primary N) is 1. The van der Waals surface area contributed by atoms with E-state index in [9.17, 15) is 0 Å². The van der Waals surface area contributed by atoms with E-state index in [1.165, 1.54) is 24.6 Å². The van der Waals surface area contributed by atoms with Gasteiger partial charge in [-0.25, -0.2) is 0 Å². The number of hydrogen-bond acceptors (Lipinski definition) is 3. The van der Waals surface area contributed by atoms with Crippen LogP contribution in [0.3, 0.4) is 0 Å². The molecule has 0 spiro atoms.